The van der Waals surface area contributed by atoms with Crippen LogP contribution in [0.2, 0.25) is 5.02 Å². The van der Waals surface area contributed by atoms with E-state index in [1.807, 2.05) is 0 Å². The van der Waals surface area contributed by atoms with Crippen molar-refractivity contribution in [2.24, 2.45) is 0 Å². The van der Waals surface area contributed by atoms with Crippen LogP contribution in [-0.2, 0) is 11.2 Å². The van der Waals surface area contributed by atoms with Gasteiger partial charge in [0.2, 0.25) is 0 Å². The standard InChI is InChI=1S/C20H22ClFN2O5/c1-20(2,3)29-19(27)24-9-4-5-12-6-7-14(21)17(16(12)22)28-13-8-10-23-15(11-13)18(25)26/h6-8,10-11H,4-5,9H2,1-3H3,(H,24,27)(H,25,26). The van der Waals surface area contributed by atoms with Crippen molar-refractivity contribution in [3.8, 4) is 11.5 Å². The molecule has 2 N–H and O–H groups in total. The maximum absolute atomic E-state index is 14.8. The van der Waals surface area contributed by atoms with E-state index >= 15 is 0 Å². The van der Waals surface area contributed by atoms with Crippen LogP contribution in [0.4, 0.5) is 9.18 Å². The zero-order valence-corrected chi connectivity index (χ0v) is 17.0. The van der Waals surface area contributed by atoms with Crippen molar-refractivity contribution in [2.45, 2.75) is 39.2 Å². The lowest BCUT2D eigenvalue weighted by molar-refractivity contribution is 0.0526. The molecular formula is C20H22ClFN2O5. The predicted octanol–water partition coefficient (Wildman–Crippen LogP) is 4.82. The van der Waals surface area contributed by atoms with Gasteiger partial charge < -0.3 is 19.9 Å². The number of alkyl carbamates (subject to hydrolysis) is 1. The Balaban J connectivity index is 2.02. The fraction of sp³-hybridized carbons (Fsp3) is 0.350. The highest BCUT2D eigenvalue weighted by atomic mass is 35.5. The molecule has 0 spiro atoms. The Kier molecular flexibility index (Phi) is 7.39. The Bertz CT molecular complexity index is 899. The van der Waals surface area contributed by atoms with Crippen LogP contribution in [0.25, 0.3) is 0 Å². The number of nitrogens with one attached hydrogen (secondary N) is 1. The molecule has 0 fully saturated rings. The molecule has 2 aromatic rings. The molecule has 1 aromatic heterocycles. The number of halogens is 2. The number of ether oxygens (including phenoxy) is 2. The second-order valence-electron chi connectivity index (χ2n) is 7.17. The molecule has 0 saturated carbocycles. The van der Waals surface area contributed by atoms with Crippen molar-refractivity contribution in [1.82, 2.24) is 10.3 Å². The molecule has 0 atom stereocenters. The van der Waals surface area contributed by atoms with Gasteiger partial charge in [0.15, 0.2) is 17.3 Å². The van der Waals surface area contributed by atoms with Crippen LogP contribution in [0.15, 0.2) is 30.5 Å². The average molecular weight is 425 g/mol. The zero-order chi connectivity index (χ0) is 21.6. The molecule has 29 heavy (non-hydrogen) atoms. The first-order valence-electron chi connectivity index (χ1n) is 8.88. The van der Waals surface area contributed by atoms with Gasteiger partial charge in [0.1, 0.15) is 11.4 Å². The van der Waals surface area contributed by atoms with E-state index < -0.39 is 23.5 Å². The van der Waals surface area contributed by atoms with E-state index in [4.69, 9.17) is 26.2 Å². The van der Waals surface area contributed by atoms with Gasteiger partial charge in [-0.15, -0.1) is 0 Å². The number of rotatable bonds is 7. The Morgan fingerprint density at radius 3 is 2.66 bits per heavy atom. The molecular weight excluding hydrogens is 403 g/mol. The SMILES string of the molecule is CC(C)(C)OC(=O)NCCCc1ccc(Cl)c(Oc2ccnc(C(=O)O)c2)c1F. The van der Waals surface area contributed by atoms with Crippen LogP contribution in [0.5, 0.6) is 11.5 Å². The quantitative estimate of drug-likeness (QED) is 0.618. The Labute approximate surface area is 172 Å². The fourth-order valence-electron chi connectivity index (χ4n) is 2.35. The number of aryl methyl sites for hydroxylation is 1. The van der Waals surface area contributed by atoms with E-state index in [0.29, 0.717) is 24.9 Å². The Morgan fingerprint density at radius 1 is 1.28 bits per heavy atom. The monoisotopic (exact) mass is 424 g/mol. The molecule has 0 aliphatic rings. The van der Waals surface area contributed by atoms with Crippen molar-refractivity contribution in [1.29, 1.82) is 0 Å². The molecule has 1 heterocycles. The molecule has 9 heteroatoms. The summed E-state index contributed by atoms with van der Waals surface area (Å²) in [7, 11) is 0. The Hall–Kier alpha value is -2.87. The van der Waals surface area contributed by atoms with E-state index in [9.17, 15) is 14.0 Å². The first-order chi connectivity index (χ1) is 13.6. The predicted molar refractivity (Wildman–Crippen MR) is 105 cm³/mol. The van der Waals surface area contributed by atoms with Crippen molar-refractivity contribution in [3.63, 3.8) is 0 Å². The molecule has 0 aliphatic carbocycles. The summed E-state index contributed by atoms with van der Waals surface area (Å²) in [6, 6.07) is 5.61. The minimum atomic E-state index is -1.23. The zero-order valence-electron chi connectivity index (χ0n) is 16.3. The first-order valence-corrected chi connectivity index (χ1v) is 9.25. The highest BCUT2D eigenvalue weighted by Gasteiger charge is 2.17. The van der Waals surface area contributed by atoms with Crippen LogP contribution >= 0.6 is 11.6 Å². The van der Waals surface area contributed by atoms with Crippen LogP contribution in [0.3, 0.4) is 0 Å². The minimum absolute atomic E-state index is 0.0480. The highest BCUT2D eigenvalue weighted by molar-refractivity contribution is 6.32. The lowest BCUT2D eigenvalue weighted by Crippen LogP contribution is -2.33. The number of amides is 1. The summed E-state index contributed by atoms with van der Waals surface area (Å²) in [6.07, 6.45) is 1.50. The largest absolute Gasteiger partial charge is 0.477 e. The van der Waals surface area contributed by atoms with E-state index in [1.165, 1.54) is 30.5 Å². The third-order valence-electron chi connectivity index (χ3n) is 3.59. The summed E-state index contributed by atoms with van der Waals surface area (Å²) in [4.78, 5) is 26.3. The average Bonchev–Trinajstić information content (AvgIpc) is 2.62. The van der Waals surface area contributed by atoms with Gasteiger partial charge in [0, 0.05) is 18.8 Å². The number of benzene rings is 1. The highest BCUT2D eigenvalue weighted by Crippen LogP contribution is 2.34. The van der Waals surface area contributed by atoms with Crippen LogP contribution < -0.4 is 10.1 Å². The van der Waals surface area contributed by atoms with Crippen LogP contribution in [0, 0.1) is 5.82 Å². The summed E-state index contributed by atoms with van der Waals surface area (Å²) < 4.78 is 25.4. The van der Waals surface area contributed by atoms with Gasteiger partial charge in [-0.25, -0.2) is 19.0 Å². The number of carbonyl (C=O) groups excluding carboxylic acids is 1. The van der Waals surface area contributed by atoms with E-state index in [0.717, 1.165) is 0 Å². The van der Waals surface area contributed by atoms with Gasteiger partial charge >= 0.3 is 12.1 Å². The summed E-state index contributed by atoms with van der Waals surface area (Å²) >= 11 is 6.05. The number of pyridine rings is 1. The van der Waals surface area contributed by atoms with Crippen molar-refractivity contribution < 1.29 is 28.6 Å². The van der Waals surface area contributed by atoms with E-state index in [-0.39, 0.29) is 22.2 Å². The first kappa shape index (κ1) is 22.4. The van der Waals surface area contributed by atoms with E-state index in [2.05, 4.69) is 10.3 Å². The molecule has 7 nitrogen and oxygen atoms in total. The minimum Gasteiger partial charge on any atom is -0.477 e. The summed E-state index contributed by atoms with van der Waals surface area (Å²) in [5, 5.41) is 11.6. The van der Waals surface area contributed by atoms with Crippen molar-refractivity contribution in [2.75, 3.05) is 6.54 Å². The van der Waals surface area contributed by atoms with Crippen molar-refractivity contribution in [3.05, 3.63) is 52.6 Å². The van der Waals surface area contributed by atoms with Gasteiger partial charge in [-0.2, -0.15) is 0 Å². The van der Waals surface area contributed by atoms with Gasteiger partial charge in [-0.05, 0) is 51.3 Å². The summed E-state index contributed by atoms with van der Waals surface area (Å²) in [6.45, 7) is 5.59. The number of carboxylic acid groups (broad SMARTS) is 1. The van der Waals surface area contributed by atoms with Gasteiger partial charge in [-0.3, -0.25) is 0 Å². The smallest absolute Gasteiger partial charge is 0.407 e. The molecule has 0 unspecified atom stereocenters. The maximum atomic E-state index is 14.8. The molecule has 156 valence electrons. The number of nitrogens with zero attached hydrogens (tertiary/aromatic N) is 1. The van der Waals surface area contributed by atoms with Crippen LogP contribution in [-0.4, -0.2) is 34.3 Å². The number of hydrogen-bond donors (Lipinski definition) is 2. The van der Waals surface area contributed by atoms with Gasteiger partial charge in [0.05, 0.1) is 5.02 Å². The summed E-state index contributed by atoms with van der Waals surface area (Å²) in [5.74, 6) is -1.98. The maximum Gasteiger partial charge on any atom is 0.407 e. The van der Waals surface area contributed by atoms with Crippen molar-refractivity contribution >= 4 is 23.7 Å². The van der Waals surface area contributed by atoms with Gasteiger partial charge in [0.25, 0.3) is 0 Å². The third-order valence-corrected chi connectivity index (χ3v) is 3.89. The molecule has 0 bridgehead atoms. The third kappa shape index (κ3) is 6.90. The number of aromatic carboxylic acids is 1. The number of carbonyl (C=O) groups is 2. The second-order valence-corrected chi connectivity index (χ2v) is 7.57. The number of aromatic nitrogens is 1. The summed E-state index contributed by atoms with van der Waals surface area (Å²) in [5.41, 5.74) is -0.474. The second kappa shape index (κ2) is 9.56. The molecule has 0 aliphatic heterocycles. The molecule has 0 radical (unpaired) electrons. The number of carboxylic acids is 1. The lowest BCUT2D eigenvalue weighted by Gasteiger charge is -2.19. The lowest BCUT2D eigenvalue weighted by atomic mass is 10.1. The molecule has 1 aromatic carbocycles. The normalized spacial score (nSPS) is 11.1. The molecule has 2 rings (SSSR count). The van der Waals surface area contributed by atoms with E-state index in [1.54, 1.807) is 20.8 Å². The number of hydrogen-bond acceptors (Lipinski definition) is 5. The molecule has 1 amide bonds. The topological polar surface area (TPSA) is 97.8 Å². The Morgan fingerprint density at radius 2 is 2.00 bits per heavy atom. The fourth-order valence-corrected chi connectivity index (χ4v) is 2.54. The van der Waals surface area contributed by atoms with Crippen LogP contribution in [0.1, 0.15) is 43.2 Å². The van der Waals surface area contributed by atoms with Gasteiger partial charge in [-0.1, -0.05) is 17.7 Å². The molecule has 0 saturated heterocycles.